The van der Waals surface area contributed by atoms with Crippen molar-refractivity contribution in [1.29, 1.82) is 0 Å². The van der Waals surface area contributed by atoms with Crippen molar-refractivity contribution in [3.05, 3.63) is 12.2 Å². The van der Waals surface area contributed by atoms with E-state index in [0.29, 0.717) is 6.54 Å². The van der Waals surface area contributed by atoms with Crippen molar-refractivity contribution in [2.75, 3.05) is 19.6 Å². The normalized spacial score (nSPS) is 10.6. The maximum absolute atomic E-state index is 10.5. The van der Waals surface area contributed by atoms with Crippen LogP contribution in [0.2, 0.25) is 0 Å². The van der Waals surface area contributed by atoms with Crippen LogP contribution in [0.5, 0.6) is 0 Å². The Kier molecular flexibility index (Phi) is 15.7. The number of carboxylic acid groups (broad SMARTS) is 2. The van der Waals surface area contributed by atoms with Gasteiger partial charge in [-0.25, -0.2) is 0 Å². The Balaban J connectivity index is 0. The summed E-state index contributed by atoms with van der Waals surface area (Å²) < 4.78 is 0. The summed E-state index contributed by atoms with van der Waals surface area (Å²) in [6, 6.07) is 0. The number of carbonyl (C=O) groups is 2. The van der Waals surface area contributed by atoms with E-state index in [1.54, 1.807) is 0 Å². The van der Waals surface area contributed by atoms with Crippen molar-refractivity contribution in [2.45, 2.75) is 32.6 Å². The summed E-state index contributed by atoms with van der Waals surface area (Å²) in [7, 11) is 0. The first-order chi connectivity index (χ1) is 8.06. The van der Waals surface area contributed by atoms with Gasteiger partial charge in [0, 0.05) is 6.54 Å². The molecular weight excluding hydrogens is 261 g/mol. The number of hydrogen-bond acceptors (Lipinski definition) is 4. The first-order valence-corrected chi connectivity index (χ1v) is 5.85. The molecule has 18 heavy (non-hydrogen) atoms. The van der Waals surface area contributed by atoms with Gasteiger partial charge in [-0.05, 0) is 25.8 Å². The van der Waals surface area contributed by atoms with E-state index in [1.165, 1.54) is 4.90 Å². The molecule has 0 aromatic heterocycles. The third-order valence-corrected chi connectivity index (χ3v) is 2.18. The van der Waals surface area contributed by atoms with Gasteiger partial charge in [0.2, 0.25) is 0 Å². The number of rotatable bonds is 10. The monoisotopic (exact) mass is 281 g/mol. The summed E-state index contributed by atoms with van der Waals surface area (Å²) in [6.07, 6.45) is 7.86. The Bertz CT molecular complexity index is 253. The molecule has 0 saturated carbocycles. The molecule has 0 aliphatic rings. The van der Waals surface area contributed by atoms with Crippen molar-refractivity contribution >= 4 is 11.9 Å². The fourth-order valence-electron chi connectivity index (χ4n) is 1.42. The molecule has 0 unspecified atom stereocenters. The van der Waals surface area contributed by atoms with E-state index < -0.39 is 11.9 Å². The Hall–Kier alpha value is 0.276. The minimum atomic E-state index is -1.24. The summed E-state index contributed by atoms with van der Waals surface area (Å²) >= 11 is 0. The smallest absolute Gasteiger partial charge is 0.549 e. The van der Waals surface area contributed by atoms with Crippen molar-refractivity contribution in [1.82, 2.24) is 4.90 Å². The molecule has 5 nitrogen and oxygen atoms in total. The Morgan fingerprint density at radius 2 is 1.83 bits per heavy atom. The molecule has 0 bridgehead atoms. The van der Waals surface area contributed by atoms with Gasteiger partial charge in [0.05, 0.1) is 12.5 Å². The quantitative estimate of drug-likeness (QED) is 0.267. The molecule has 0 aromatic rings. The minimum Gasteiger partial charge on any atom is -0.549 e. The van der Waals surface area contributed by atoms with E-state index in [2.05, 4.69) is 13.0 Å². The number of unbranched alkanes of at least 4 members (excludes halogenated alkanes) is 2. The molecule has 98 valence electrons. The predicted octanol–water partition coefficient (Wildman–Crippen LogP) is -2.74. The standard InChI is InChI=1S/C12H21NO4.K/c1-2-3-4-5-6-7-8-13(9-11(14)15)10-12(16)17;/h4-5H,2-3,6-10H2,1H3,(H,14,15)(H,16,17);/q;+1/p-1/b5-4+;. The van der Waals surface area contributed by atoms with Crippen LogP contribution in [0.15, 0.2) is 12.2 Å². The van der Waals surface area contributed by atoms with E-state index in [0.717, 1.165) is 25.7 Å². The van der Waals surface area contributed by atoms with E-state index in [4.69, 9.17) is 5.11 Å². The number of hydrogen-bond donors (Lipinski definition) is 1. The molecule has 0 aliphatic carbocycles. The van der Waals surface area contributed by atoms with Crippen LogP contribution in [-0.2, 0) is 9.59 Å². The van der Waals surface area contributed by atoms with Crippen molar-refractivity contribution in [3.63, 3.8) is 0 Å². The van der Waals surface area contributed by atoms with Crippen LogP contribution in [0.1, 0.15) is 32.6 Å². The van der Waals surface area contributed by atoms with Crippen molar-refractivity contribution in [3.8, 4) is 0 Å². The van der Waals surface area contributed by atoms with Crippen LogP contribution in [0.3, 0.4) is 0 Å². The second kappa shape index (κ2) is 13.7. The zero-order valence-corrected chi connectivity index (χ0v) is 14.3. The first-order valence-electron chi connectivity index (χ1n) is 5.85. The van der Waals surface area contributed by atoms with Gasteiger partial charge in [-0.3, -0.25) is 9.69 Å². The van der Waals surface area contributed by atoms with E-state index in [1.807, 2.05) is 6.08 Å². The molecule has 0 fully saturated rings. The average molecular weight is 281 g/mol. The van der Waals surface area contributed by atoms with E-state index in [-0.39, 0.29) is 64.5 Å². The zero-order valence-electron chi connectivity index (χ0n) is 11.2. The molecule has 0 rings (SSSR count). The SMILES string of the molecule is CCC/C=C/CCCN(CC(=O)[O-])CC(=O)O.[K+]. The van der Waals surface area contributed by atoms with Crippen LogP contribution >= 0.6 is 0 Å². The van der Waals surface area contributed by atoms with E-state index in [9.17, 15) is 14.7 Å². The summed E-state index contributed by atoms with van der Waals surface area (Å²) in [6.45, 7) is 1.97. The number of carbonyl (C=O) groups excluding carboxylic acids is 1. The van der Waals surface area contributed by atoms with Gasteiger partial charge in [-0.1, -0.05) is 25.5 Å². The van der Waals surface area contributed by atoms with Crippen molar-refractivity contribution in [2.24, 2.45) is 0 Å². The van der Waals surface area contributed by atoms with Gasteiger partial charge >= 0.3 is 57.4 Å². The molecule has 1 N–H and O–H groups in total. The van der Waals surface area contributed by atoms with Gasteiger partial charge < -0.3 is 15.0 Å². The fraction of sp³-hybridized carbons (Fsp3) is 0.667. The Morgan fingerprint density at radius 1 is 1.22 bits per heavy atom. The second-order valence-electron chi connectivity index (χ2n) is 3.88. The molecule has 0 aliphatic heterocycles. The fourth-order valence-corrected chi connectivity index (χ4v) is 1.42. The molecule has 0 amide bonds. The molecule has 0 saturated heterocycles. The van der Waals surface area contributed by atoms with E-state index >= 15 is 0 Å². The summed E-state index contributed by atoms with van der Waals surface area (Å²) in [5, 5.41) is 19.0. The third-order valence-electron chi connectivity index (χ3n) is 2.18. The molecule has 6 heteroatoms. The maximum Gasteiger partial charge on any atom is 1.00 e. The van der Waals surface area contributed by atoms with Gasteiger partial charge in [-0.2, -0.15) is 0 Å². The van der Waals surface area contributed by atoms with Crippen LogP contribution in [0, 0.1) is 0 Å². The summed E-state index contributed by atoms with van der Waals surface area (Å²) in [4.78, 5) is 22.3. The van der Waals surface area contributed by atoms with Crippen LogP contribution in [0.25, 0.3) is 0 Å². The van der Waals surface area contributed by atoms with Crippen molar-refractivity contribution < 1.29 is 71.2 Å². The van der Waals surface area contributed by atoms with Crippen LogP contribution in [0.4, 0.5) is 0 Å². The maximum atomic E-state index is 10.5. The van der Waals surface area contributed by atoms with Gasteiger partial charge in [0.25, 0.3) is 0 Å². The first kappa shape index (κ1) is 20.6. The Labute approximate surface area is 151 Å². The van der Waals surface area contributed by atoms with Gasteiger partial charge in [0.1, 0.15) is 0 Å². The Morgan fingerprint density at radius 3 is 2.33 bits per heavy atom. The number of nitrogens with zero attached hydrogens (tertiary/aromatic N) is 1. The molecule has 0 heterocycles. The largest absolute Gasteiger partial charge is 1.00 e. The summed E-state index contributed by atoms with van der Waals surface area (Å²) in [5.41, 5.74) is 0. The van der Waals surface area contributed by atoms with Crippen LogP contribution < -0.4 is 56.5 Å². The van der Waals surface area contributed by atoms with Gasteiger partial charge in [0.15, 0.2) is 0 Å². The molecule has 0 atom stereocenters. The molecule has 0 radical (unpaired) electrons. The zero-order chi connectivity index (χ0) is 13.1. The second-order valence-corrected chi connectivity index (χ2v) is 3.88. The minimum absolute atomic E-state index is 0. The average Bonchev–Trinajstić information content (AvgIpc) is 2.21. The number of aliphatic carboxylic acids is 2. The molecule has 0 aromatic carbocycles. The van der Waals surface area contributed by atoms with Crippen LogP contribution in [-0.4, -0.2) is 41.6 Å². The number of carboxylic acids is 2. The predicted molar refractivity (Wildman–Crippen MR) is 62.4 cm³/mol. The summed E-state index contributed by atoms with van der Waals surface area (Å²) in [5.74, 6) is -2.26. The third kappa shape index (κ3) is 14.3. The topological polar surface area (TPSA) is 80.7 Å². The molecular formula is C12H20KNO4. The number of allylic oxidation sites excluding steroid dienone is 2. The molecule has 0 spiro atoms. The van der Waals surface area contributed by atoms with Gasteiger partial charge in [-0.15, -0.1) is 0 Å².